The minimum atomic E-state index is -0.715. The van der Waals surface area contributed by atoms with E-state index in [2.05, 4.69) is 10.3 Å². The van der Waals surface area contributed by atoms with Crippen molar-refractivity contribution >= 4 is 23.7 Å². The van der Waals surface area contributed by atoms with Gasteiger partial charge in [-0.2, -0.15) is 0 Å². The number of nitrogens with zero attached hydrogens (tertiary/aromatic N) is 3. The van der Waals surface area contributed by atoms with Crippen LogP contribution in [0.3, 0.4) is 0 Å². The first-order valence-electron chi connectivity index (χ1n) is 9.27. The standard InChI is InChI=1S/C20H27N5O4/c1-5-24(19(28)29-20(2,3)4)12-15(26)23-18-16(17(21)27)25(13-22-18)11-14-9-7-6-8-10-14/h6-10,13H,5,11-12H2,1-4H3,(H2,21,27)(H,23,26). The van der Waals surface area contributed by atoms with Crippen LogP contribution in [0, 0.1) is 0 Å². The Morgan fingerprint density at radius 3 is 2.41 bits per heavy atom. The predicted molar refractivity (Wildman–Crippen MR) is 108 cm³/mol. The SMILES string of the molecule is CCN(CC(=O)Nc1ncn(Cc2ccccc2)c1C(N)=O)C(=O)OC(C)(C)C. The number of nitrogens with two attached hydrogens (primary N) is 1. The van der Waals surface area contributed by atoms with Crippen LogP contribution in [0.15, 0.2) is 36.7 Å². The van der Waals surface area contributed by atoms with Crippen LogP contribution in [-0.2, 0) is 16.1 Å². The van der Waals surface area contributed by atoms with E-state index in [1.165, 1.54) is 11.2 Å². The van der Waals surface area contributed by atoms with E-state index >= 15 is 0 Å². The molecule has 9 heteroatoms. The number of carbonyl (C=O) groups excluding carboxylic acids is 3. The van der Waals surface area contributed by atoms with Crippen molar-refractivity contribution < 1.29 is 19.1 Å². The van der Waals surface area contributed by atoms with E-state index in [9.17, 15) is 14.4 Å². The summed E-state index contributed by atoms with van der Waals surface area (Å²) in [5.41, 5.74) is 5.87. The lowest BCUT2D eigenvalue weighted by Gasteiger charge is -2.26. The Labute approximate surface area is 169 Å². The normalized spacial score (nSPS) is 11.0. The third-order valence-electron chi connectivity index (χ3n) is 3.89. The highest BCUT2D eigenvalue weighted by Gasteiger charge is 2.24. The molecule has 9 nitrogen and oxygen atoms in total. The molecular weight excluding hydrogens is 374 g/mol. The number of likely N-dealkylation sites (N-methyl/N-ethyl adjacent to an activating group) is 1. The molecule has 0 atom stereocenters. The first-order chi connectivity index (χ1) is 13.6. The Kier molecular flexibility index (Phi) is 6.98. The van der Waals surface area contributed by atoms with Gasteiger partial charge in [0.1, 0.15) is 12.1 Å². The number of amides is 3. The van der Waals surface area contributed by atoms with Gasteiger partial charge in [0.25, 0.3) is 5.91 Å². The quantitative estimate of drug-likeness (QED) is 0.737. The molecule has 2 rings (SSSR count). The van der Waals surface area contributed by atoms with E-state index in [-0.39, 0.29) is 24.6 Å². The van der Waals surface area contributed by atoms with Crippen LogP contribution in [0.25, 0.3) is 0 Å². The first kappa shape index (κ1) is 21.9. The molecule has 2 aromatic rings. The molecule has 0 spiro atoms. The lowest BCUT2D eigenvalue weighted by molar-refractivity contribution is -0.117. The van der Waals surface area contributed by atoms with Gasteiger partial charge >= 0.3 is 6.09 Å². The number of rotatable bonds is 7. The highest BCUT2D eigenvalue weighted by atomic mass is 16.6. The Morgan fingerprint density at radius 2 is 1.86 bits per heavy atom. The van der Waals surface area contributed by atoms with Gasteiger partial charge in [0, 0.05) is 13.1 Å². The van der Waals surface area contributed by atoms with Crippen molar-refractivity contribution in [3.8, 4) is 0 Å². The van der Waals surface area contributed by atoms with E-state index in [4.69, 9.17) is 10.5 Å². The number of benzene rings is 1. The van der Waals surface area contributed by atoms with Crippen LogP contribution in [0.1, 0.15) is 43.7 Å². The van der Waals surface area contributed by atoms with Crippen LogP contribution >= 0.6 is 0 Å². The number of carbonyl (C=O) groups is 3. The van der Waals surface area contributed by atoms with E-state index < -0.39 is 23.5 Å². The van der Waals surface area contributed by atoms with Crippen molar-refractivity contribution in [2.45, 2.75) is 39.8 Å². The fourth-order valence-electron chi connectivity index (χ4n) is 2.61. The van der Waals surface area contributed by atoms with Crippen molar-refractivity contribution in [2.24, 2.45) is 5.73 Å². The summed E-state index contributed by atoms with van der Waals surface area (Å²) in [5, 5.41) is 2.56. The van der Waals surface area contributed by atoms with Crippen molar-refractivity contribution in [2.75, 3.05) is 18.4 Å². The molecule has 0 saturated carbocycles. The number of nitrogens with one attached hydrogen (secondary N) is 1. The Bertz CT molecular complexity index is 871. The van der Waals surface area contributed by atoms with Crippen LogP contribution < -0.4 is 11.1 Å². The zero-order valence-electron chi connectivity index (χ0n) is 17.1. The molecule has 0 fully saturated rings. The van der Waals surface area contributed by atoms with Gasteiger partial charge in [-0.05, 0) is 33.3 Å². The molecule has 0 aliphatic heterocycles. The topological polar surface area (TPSA) is 120 Å². The zero-order chi connectivity index (χ0) is 21.6. The lowest BCUT2D eigenvalue weighted by Crippen LogP contribution is -2.41. The molecule has 0 unspecified atom stereocenters. The molecule has 3 N–H and O–H groups in total. The second-order valence-corrected chi connectivity index (χ2v) is 7.46. The van der Waals surface area contributed by atoms with Gasteiger partial charge < -0.3 is 20.4 Å². The summed E-state index contributed by atoms with van der Waals surface area (Å²) in [6, 6.07) is 9.47. The zero-order valence-corrected chi connectivity index (χ0v) is 17.1. The summed E-state index contributed by atoms with van der Waals surface area (Å²) < 4.78 is 6.86. The second-order valence-electron chi connectivity index (χ2n) is 7.46. The van der Waals surface area contributed by atoms with E-state index in [1.54, 1.807) is 32.3 Å². The smallest absolute Gasteiger partial charge is 0.410 e. The van der Waals surface area contributed by atoms with Crippen LogP contribution in [0.2, 0.25) is 0 Å². The van der Waals surface area contributed by atoms with Crippen LogP contribution in [0.4, 0.5) is 10.6 Å². The first-order valence-corrected chi connectivity index (χ1v) is 9.27. The van der Waals surface area contributed by atoms with Crippen LogP contribution in [0.5, 0.6) is 0 Å². The summed E-state index contributed by atoms with van der Waals surface area (Å²) in [5.74, 6) is -1.17. The van der Waals surface area contributed by atoms with Crippen molar-refractivity contribution in [3.63, 3.8) is 0 Å². The minimum Gasteiger partial charge on any atom is -0.444 e. The van der Waals surface area contributed by atoms with Crippen molar-refractivity contribution in [1.82, 2.24) is 14.5 Å². The number of ether oxygens (including phenoxy) is 1. The molecule has 1 heterocycles. The van der Waals surface area contributed by atoms with Gasteiger partial charge in [-0.1, -0.05) is 30.3 Å². The van der Waals surface area contributed by atoms with Gasteiger partial charge in [0.15, 0.2) is 11.5 Å². The number of anilines is 1. The molecule has 29 heavy (non-hydrogen) atoms. The largest absolute Gasteiger partial charge is 0.444 e. The predicted octanol–water partition coefficient (Wildman–Crippen LogP) is 2.23. The highest BCUT2D eigenvalue weighted by Crippen LogP contribution is 2.16. The Hall–Kier alpha value is -3.36. The minimum absolute atomic E-state index is 0.0543. The van der Waals surface area contributed by atoms with Gasteiger partial charge in [-0.3, -0.25) is 14.5 Å². The molecule has 1 aromatic heterocycles. The third kappa shape index (κ3) is 6.34. The van der Waals surface area contributed by atoms with Gasteiger partial charge in [0.05, 0.1) is 6.33 Å². The van der Waals surface area contributed by atoms with Gasteiger partial charge in [-0.15, -0.1) is 0 Å². The molecule has 0 saturated heterocycles. The third-order valence-corrected chi connectivity index (χ3v) is 3.89. The Balaban J connectivity index is 2.11. The molecule has 3 amide bonds. The number of primary amides is 1. The van der Waals surface area contributed by atoms with Crippen molar-refractivity contribution in [1.29, 1.82) is 0 Å². The van der Waals surface area contributed by atoms with E-state index in [1.807, 2.05) is 30.3 Å². The molecule has 156 valence electrons. The number of hydrogen-bond acceptors (Lipinski definition) is 5. The maximum absolute atomic E-state index is 12.4. The average molecular weight is 401 g/mol. The van der Waals surface area contributed by atoms with Gasteiger partial charge in [0.2, 0.25) is 5.91 Å². The lowest BCUT2D eigenvalue weighted by atomic mass is 10.2. The van der Waals surface area contributed by atoms with Crippen LogP contribution in [-0.4, -0.2) is 51.0 Å². The summed E-state index contributed by atoms with van der Waals surface area (Å²) in [4.78, 5) is 41.9. The summed E-state index contributed by atoms with van der Waals surface area (Å²) in [7, 11) is 0. The average Bonchev–Trinajstić information content (AvgIpc) is 3.01. The highest BCUT2D eigenvalue weighted by molar-refractivity contribution is 6.01. The molecule has 1 aromatic carbocycles. The van der Waals surface area contributed by atoms with E-state index in [0.29, 0.717) is 6.54 Å². The number of hydrogen-bond donors (Lipinski definition) is 2. The molecular formula is C20H27N5O4. The fourth-order valence-corrected chi connectivity index (χ4v) is 2.61. The van der Waals surface area contributed by atoms with Crippen molar-refractivity contribution in [3.05, 3.63) is 47.9 Å². The number of imidazole rings is 1. The summed E-state index contributed by atoms with van der Waals surface area (Å²) in [6.45, 7) is 7.40. The number of aromatic nitrogens is 2. The van der Waals surface area contributed by atoms with Gasteiger partial charge in [-0.25, -0.2) is 9.78 Å². The summed E-state index contributed by atoms with van der Waals surface area (Å²) >= 11 is 0. The molecule has 0 radical (unpaired) electrons. The van der Waals surface area contributed by atoms with E-state index in [0.717, 1.165) is 5.56 Å². The summed E-state index contributed by atoms with van der Waals surface area (Å²) in [6.07, 6.45) is 0.841. The molecule has 0 bridgehead atoms. The molecule has 0 aliphatic carbocycles. The Morgan fingerprint density at radius 1 is 1.21 bits per heavy atom. The fraction of sp³-hybridized carbons (Fsp3) is 0.400. The maximum Gasteiger partial charge on any atom is 0.410 e. The maximum atomic E-state index is 12.4. The monoisotopic (exact) mass is 401 g/mol. The second kappa shape index (κ2) is 9.22. The molecule has 0 aliphatic rings.